The molecule has 1 amide bonds. The van der Waals surface area contributed by atoms with Gasteiger partial charge in [0.15, 0.2) is 12.4 Å². The molecule has 0 saturated carbocycles. The maximum Gasteiger partial charge on any atom is 0.339 e. The predicted octanol–water partition coefficient (Wildman–Crippen LogP) is 2.20. The van der Waals surface area contributed by atoms with Gasteiger partial charge in [-0.15, -0.1) is 11.3 Å². The van der Waals surface area contributed by atoms with Gasteiger partial charge in [0, 0.05) is 5.38 Å². The average molecular weight is 424 g/mol. The quantitative estimate of drug-likeness (QED) is 0.709. The number of pyridine rings is 1. The highest BCUT2D eigenvalue weighted by Crippen LogP contribution is 2.25. The fourth-order valence-electron chi connectivity index (χ4n) is 1.60. The van der Waals surface area contributed by atoms with Gasteiger partial charge < -0.3 is 10.1 Å². The molecule has 0 spiro atoms. The number of nitrogens with one attached hydrogen (secondary N) is 1. The van der Waals surface area contributed by atoms with Crippen molar-refractivity contribution < 1.29 is 22.7 Å². The summed E-state index contributed by atoms with van der Waals surface area (Å²) in [6.45, 7) is 1.02. The van der Waals surface area contributed by atoms with Gasteiger partial charge in [-0.05, 0) is 19.1 Å². The average Bonchev–Trinajstić information content (AvgIpc) is 3.00. The summed E-state index contributed by atoms with van der Waals surface area (Å²) in [5, 5.41) is 9.08. The second-order valence-corrected chi connectivity index (χ2v) is 8.22. The van der Waals surface area contributed by atoms with E-state index in [1.807, 2.05) is 0 Å². The Balaban J connectivity index is 1.97. The summed E-state index contributed by atoms with van der Waals surface area (Å²) in [6.07, 6.45) is 0. The van der Waals surface area contributed by atoms with Gasteiger partial charge >= 0.3 is 5.97 Å². The normalized spacial score (nSPS) is 11.2. The zero-order valence-corrected chi connectivity index (χ0v) is 15.7. The number of ether oxygens (including phenoxy) is 1. The largest absolute Gasteiger partial charge is 0.452 e. The van der Waals surface area contributed by atoms with E-state index in [0.717, 1.165) is 17.4 Å². The van der Waals surface area contributed by atoms with Gasteiger partial charge in [-0.1, -0.05) is 23.2 Å². The van der Waals surface area contributed by atoms with E-state index in [4.69, 9.17) is 33.1 Å². The smallest absolute Gasteiger partial charge is 0.339 e. The van der Waals surface area contributed by atoms with Gasteiger partial charge in [0.2, 0.25) is 10.0 Å². The third kappa shape index (κ3) is 5.13. The molecule has 0 unspecified atom stereocenters. The third-order valence-electron chi connectivity index (χ3n) is 2.79. The van der Waals surface area contributed by atoms with E-state index < -0.39 is 28.5 Å². The molecule has 0 aliphatic heterocycles. The highest BCUT2D eigenvalue weighted by Gasteiger charge is 2.18. The van der Waals surface area contributed by atoms with Crippen molar-refractivity contribution in [3.05, 3.63) is 38.8 Å². The Morgan fingerprint density at radius 3 is 2.60 bits per heavy atom. The lowest BCUT2D eigenvalue weighted by molar-refractivity contribution is -0.119. The summed E-state index contributed by atoms with van der Waals surface area (Å²) in [5.41, 5.74) is 0.437. The van der Waals surface area contributed by atoms with Crippen LogP contribution < -0.4 is 10.5 Å². The Morgan fingerprint density at radius 2 is 2.00 bits per heavy atom. The second-order valence-electron chi connectivity index (χ2n) is 4.71. The number of primary sulfonamides is 1. The van der Waals surface area contributed by atoms with Crippen LogP contribution in [-0.2, 0) is 19.6 Å². The van der Waals surface area contributed by atoms with Crippen molar-refractivity contribution in [2.45, 2.75) is 11.1 Å². The number of halogens is 2. The summed E-state index contributed by atoms with van der Waals surface area (Å²) in [6, 6.07) is 2.49. The van der Waals surface area contributed by atoms with Gasteiger partial charge in [0.25, 0.3) is 5.91 Å². The summed E-state index contributed by atoms with van der Waals surface area (Å²) in [4.78, 5) is 27.7. The van der Waals surface area contributed by atoms with E-state index in [9.17, 15) is 18.0 Å². The van der Waals surface area contributed by atoms with Crippen LogP contribution in [0, 0.1) is 6.92 Å². The molecule has 2 aromatic rings. The number of rotatable bonds is 5. The zero-order valence-electron chi connectivity index (χ0n) is 12.6. The molecule has 0 saturated heterocycles. The van der Waals surface area contributed by atoms with Gasteiger partial charge in [-0.3, -0.25) is 4.79 Å². The number of hydrogen-bond donors (Lipinski definition) is 2. The standard InChI is InChI=1S/C13H11Cl2N3O5S2/c1-6-8(14)3-9(15)12(17-6)18-10(19)4-23-13(20)7-2-11(24-5-7)25(16,21)22/h2-3,5H,4H2,1H3,(H2,16,21,22)(H,17,18,19). The van der Waals surface area contributed by atoms with Crippen molar-refractivity contribution in [3.8, 4) is 0 Å². The Labute approximate surface area is 157 Å². The number of nitrogens with zero attached hydrogens (tertiary/aromatic N) is 1. The topological polar surface area (TPSA) is 128 Å². The molecule has 2 aromatic heterocycles. The minimum Gasteiger partial charge on any atom is -0.452 e. The number of anilines is 1. The fraction of sp³-hybridized carbons (Fsp3) is 0.154. The first-order chi connectivity index (χ1) is 11.6. The molecule has 134 valence electrons. The van der Waals surface area contributed by atoms with Gasteiger partial charge in [0.1, 0.15) is 4.21 Å². The summed E-state index contributed by atoms with van der Waals surface area (Å²) < 4.78 is 27.0. The van der Waals surface area contributed by atoms with Crippen LogP contribution in [0.3, 0.4) is 0 Å². The van der Waals surface area contributed by atoms with Gasteiger partial charge in [-0.2, -0.15) is 0 Å². The van der Waals surface area contributed by atoms with Crippen molar-refractivity contribution in [2.24, 2.45) is 5.14 Å². The molecule has 0 radical (unpaired) electrons. The van der Waals surface area contributed by atoms with Crippen LogP contribution in [0.2, 0.25) is 10.0 Å². The number of carbonyl (C=O) groups is 2. The fourth-order valence-corrected chi connectivity index (χ4v) is 3.58. The second kappa shape index (κ2) is 7.67. The van der Waals surface area contributed by atoms with Crippen LogP contribution >= 0.6 is 34.5 Å². The number of carbonyl (C=O) groups excluding carboxylic acids is 2. The lowest BCUT2D eigenvalue weighted by atomic mass is 10.3. The monoisotopic (exact) mass is 423 g/mol. The van der Waals surface area contributed by atoms with E-state index in [2.05, 4.69) is 10.3 Å². The van der Waals surface area contributed by atoms with E-state index in [1.165, 1.54) is 11.4 Å². The molecule has 3 N–H and O–H groups in total. The number of esters is 1. The van der Waals surface area contributed by atoms with Crippen molar-refractivity contribution in [1.29, 1.82) is 0 Å². The highest BCUT2D eigenvalue weighted by atomic mass is 35.5. The third-order valence-corrected chi connectivity index (χ3v) is 5.85. The van der Waals surface area contributed by atoms with Crippen LogP contribution in [0.15, 0.2) is 21.7 Å². The van der Waals surface area contributed by atoms with Crippen molar-refractivity contribution in [1.82, 2.24) is 4.98 Å². The molecule has 0 fully saturated rings. The van der Waals surface area contributed by atoms with Crippen LogP contribution in [0.4, 0.5) is 5.82 Å². The lowest BCUT2D eigenvalue weighted by Crippen LogP contribution is -2.21. The lowest BCUT2D eigenvalue weighted by Gasteiger charge is -2.08. The number of hydrogen-bond acceptors (Lipinski definition) is 7. The van der Waals surface area contributed by atoms with E-state index in [-0.39, 0.29) is 20.6 Å². The minimum absolute atomic E-state index is 0.0275. The Bertz CT molecular complexity index is 943. The maximum atomic E-state index is 11.8. The van der Waals surface area contributed by atoms with Crippen LogP contribution in [0.1, 0.15) is 16.1 Å². The summed E-state index contributed by atoms with van der Waals surface area (Å²) in [5.74, 6) is -1.46. The highest BCUT2D eigenvalue weighted by molar-refractivity contribution is 7.91. The maximum absolute atomic E-state index is 11.8. The number of aryl methyl sites for hydroxylation is 1. The number of sulfonamides is 1. The molecule has 0 aliphatic rings. The van der Waals surface area contributed by atoms with E-state index in [1.54, 1.807) is 6.92 Å². The van der Waals surface area contributed by atoms with Gasteiger partial charge in [-0.25, -0.2) is 23.3 Å². The van der Waals surface area contributed by atoms with Crippen molar-refractivity contribution in [2.75, 3.05) is 11.9 Å². The number of thiophene rings is 1. The predicted molar refractivity (Wildman–Crippen MR) is 93.6 cm³/mol. The SMILES string of the molecule is Cc1nc(NC(=O)COC(=O)c2csc(S(N)(=O)=O)c2)c(Cl)cc1Cl. The molecule has 0 atom stereocenters. The molecule has 25 heavy (non-hydrogen) atoms. The van der Waals surface area contributed by atoms with Crippen LogP contribution in [0.5, 0.6) is 0 Å². The molecule has 8 nitrogen and oxygen atoms in total. The molecule has 2 rings (SSSR count). The Morgan fingerprint density at radius 1 is 1.32 bits per heavy atom. The Kier molecular flexibility index (Phi) is 6.01. The van der Waals surface area contributed by atoms with Crippen molar-refractivity contribution in [3.63, 3.8) is 0 Å². The summed E-state index contributed by atoms with van der Waals surface area (Å²) >= 11 is 12.5. The molecule has 0 aliphatic carbocycles. The molecule has 12 heteroatoms. The first kappa shape index (κ1) is 19.6. The van der Waals surface area contributed by atoms with Gasteiger partial charge in [0.05, 0.1) is 21.3 Å². The first-order valence-corrected chi connectivity index (χ1v) is 9.67. The van der Waals surface area contributed by atoms with Crippen LogP contribution in [-0.4, -0.2) is 31.9 Å². The van der Waals surface area contributed by atoms with E-state index in [0.29, 0.717) is 10.7 Å². The molecular formula is C13H11Cl2N3O5S2. The summed E-state index contributed by atoms with van der Waals surface area (Å²) in [7, 11) is -3.90. The first-order valence-electron chi connectivity index (χ1n) is 6.49. The van der Waals surface area contributed by atoms with E-state index >= 15 is 0 Å². The Hall–Kier alpha value is -1.72. The molecule has 2 heterocycles. The number of nitrogens with two attached hydrogens (primary N) is 1. The van der Waals surface area contributed by atoms with Crippen LogP contribution in [0.25, 0.3) is 0 Å². The molecule has 0 bridgehead atoms. The zero-order chi connectivity index (χ0) is 18.8. The minimum atomic E-state index is -3.90. The number of aromatic nitrogens is 1. The molecular weight excluding hydrogens is 413 g/mol. The van der Waals surface area contributed by atoms with Crippen molar-refractivity contribution >= 4 is 62.3 Å². The molecule has 0 aromatic carbocycles. The number of amides is 1.